The average Bonchev–Trinajstić information content (AvgIpc) is 2.61. The van der Waals surface area contributed by atoms with Crippen molar-refractivity contribution in [2.45, 2.75) is 31.5 Å². The lowest BCUT2D eigenvalue weighted by molar-refractivity contribution is 0.185. The van der Waals surface area contributed by atoms with Gasteiger partial charge in [-0.2, -0.15) is 0 Å². The molecule has 27 heavy (non-hydrogen) atoms. The molecule has 0 saturated carbocycles. The van der Waals surface area contributed by atoms with Gasteiger partial charge in [0.05, 0.1) is 11.5 Å². The van der Waals surface area contributed by atoms with E-state index in [-0.39, 0.29) is 0 Å². The lowest BCUT2D eigenvalue weighted by atomic mass is 10.1. The molecular weight excluding hydrogens is 362 g/mol. The number of rotatable bonds is 7. The van der Waals surface area contributed by atoms with Gasteiger partial charge in [0.15, 0.2) is 15.8 Å². The minimum atomic E-state index is -3.20. The number of sulfone groups is 1. The molecule has 6 nitrogen and oxygen atoms in total. The van der Waals surface area contributed by atoms with Crippen molar-refractivity contribution in [2.75, 3.05) is 20.4 Å². The van der Waals surface area contributed by atoms with Crippen LogP contribution in [0.2, 0.25) is 0 Å². The Bertz CT molecular complexity index is 908. The summed E-state index contributed by atoms with van der Waals surface area (Å²) in [6.07, 6.45) is 1.22. The number of aryl methyl sites for hydroxylation is 1. The summed E-state index contributed by atoms with van der Waals surface area (Å²) in [6.45, 7) is 3.58. The van der Waals surface area contributed by atoms with Crippen LogP contribution in [-0.4, -0.2) is 34.8 Å². The molecular formula is C20H27N3O3S. The second kappa shape index (κ2) is 9.53. The zero-order valence-corrected chi connectivity index (χ0v) is 17.1. The number of benzene rings is 2. The normalized spacial score (nSPS) is 12.1. The molecule has 0 atom stereocenters. The highest BCUT2D eigenvalue weighted by molar-refractivity contribution is 7.90. The molecule has 0 aliphatic carbocycles. The van der Waals surface area contributed by atoms with Gasteiger partial charge in [0.25, 0.3) is 0 Å². The summed E-state index contributed by atoms with van der Waals surface area (Å²) in [5, 5.41) is 6.52. The minimum Gasteiger partial charge on any atom is -0.380 e. The number of ether oxygens (including phenoxy) is 1. The molecule has 2 aromatic carbocycles. The molecule has 0 fully saturated rings. The Kier molecular flexibility index (Phi) is 7.38. The third-order valence-corrected chi connectivity index (χ3v) is 5.34. The van der Waals surface area contributed by atoms with Crippen LogP contribution < -0.4 is 10.6 Å². The number of hydrogen-bond acceptors (Lipinski definition) is 4. The third-order valence-electron chi connectivity index (χ3n) is 4.08. The molecule has 2 rings (SSSR count). The van der Waals surface area contributed by atoms with E-state index in [0.29, 0.717) is 30.6 Å². The maximum Gasteiger partial charge on any atom is 0.191 e. The van der Waals surface area contributed by atoms with E-state index in [1.807, 2.05) is 30.3 Å². The third kappa shape index (κ3) is 6.37. The van der Waals surface area contributed by atoms with Crippen molar-refractivity contribution >= 4 is 15.8 Å². The monoisotopic (exact) mass is 389 g/mol. The van der Waals surface area contributed by atoms with Crippen LogP contribution in [0.25, 0.3) is 0 Å². The number of aliphatic imine (C=N–C) groups is 1. The van der Waals surface area contributed by atoms with Gasteiger partial charge in [0.2, 0.25) is 0 Å². The van der Waals surface area contributed by atoms with Crippen molar-refractivity contribution in [1.82, 2.24) is 10.6 Å². The second-order valence-corrected chi connectivity index (χ2v) is 8.39. The van der Waals surface area contributed by atoms with Crippen LogP contribution in [0.5, 0.6) is 0 Å². The molecule has 0 unspecified atom stereocenters. The molecule has 0 radical (unpaired) electrons. The molecule has 0 aliphatic rings. The van der Waals surface area contributed by atoms with Crippen LogP contribution >= 0.6 is 0 Å². The zero-order chi connectivity index (χ0) is 19.9. The quantitative estimate of drug-likeness (QED) is 0.562. The predicted molar refractivity (Wildman–Crippen MR) is 108 cm³/mol. The van der Waals surface area contributed by atoms with Crippen LogP contribution in [0.15, 0.2) is 52.4 Å². The summed E-state index contributed by atoms with van der Waals surface area (Å²) in [5.74, 6) is 0.678. The summed E-state index contributed by atoms with van der Waals surface area (Å²) in [6, 6.07) is 13.5. The first kappa shape index (κ1) is 20.9. The van der Waals surface area contributed by atoms with E-state index >= 15 is 0 Å². The molecule has 0 saturated heterocycles. The summed E-state index contributed by atoms with van der Waals surface area (Å²) >= 11 is 0. The van der Waals surface area contributed by atoms with E-state index in [2.05, 4.69) is 21.7 Å². The fourth-order valence-corrected chi connectivity index (χ4v) is 3.78. The Labute approximate surface area is 161 Å². The Hall–Kier alpha value is -2.38. The average molecular weight is 390 g/mol. The van der Waals surface area contributed by atoms with Gasteiger partial charge in [-0.1, -0.05) is 36.4 Å². The van der Waals surface area contributed by atoms with Crippen molar-refractivity contribution < 1.29 is 13.2 Å². The summed E-state index contributed by atoms with van der Waals surface area (Å²) in [4.78, 5) is 4.60. The van der Waals surface area contributed by atoms with Crippen molar-refractivity contribution in [2.24, 2.45) is 4.99 Å². The molecule has 2 N–H and O–H groups in total. The largest absolute Gasteiger partial charge is 0.380 e. The van der Waals surface area contributed by atoms with Crippen LogP contribution in [-0.2, 0) is 34.3 Å². The first-order valence-corrected chi connectivity index (χ1v) is 10.5. The topological polar surface area (TPSA) is 79.8 Å². The van der Waals surface area contributed by atoms with Gasteiger partial charge >= 0.3 is 0 Å². The van der Waals surface area contributed by atoms with Gasteiger partial charge < -0.3 is 15.4 Å². The van der Waals surface area contributed by atoms with Gasteiger partial charge in [-0.25, -0.2) is 8.42 Å². The molecule has 0 amide bonds. The summed E-state index contributed by atoms with van der Waals surface area (Å²) in [5.41, 5.74) is 4.00. The van der Waals surface area contributed by atoms with E-state index in [1.165, 1.54) is 6.26 Å². The Morgan fingerprint density at radius 1 is 1.04 bits per heavy atom. The number of hydrogen-bond donors (Lipinski definition) is 2. The predicted octanol–water partition coefficient (Wildman–Crippen LogP) is 2.41. The number of nitrogens with one attached hydrogen (secondary N) is 2. The van der Waals surface area contributed by atoms with E-state index in [1.54, 1.807) is 27.1 Å². The number of nitrogens with zero attached hydrogens (tertiary/aromatic N) is 1. The van der Waals surface area contributed by atoms with E-state index in [9.17, 15) is 8.42 Å². The molecule has 0 aromatic heterocycles. The second-order valence-electron chi connectivity index (χ2n) is 6.40. The van der Waals surface area contributed by atoms with Crippen molar-refractivity contribution in [3.05, 3.63) is 64.7 Å². The first-order valence-electron chi connectivity index (χ1n) is 8.64. The maximum absolute atomic E-state index is 11.7. The molecule has 0 aliphatic heterocycles. The summed E-state index contributed by atoms with van der Waals surface area (Å²) in [7, 11) is 0.200. The van der Waals surface area contributed by atoms with Gasteiger partial charge in [0.1, 0.15) is 0 Å². The first-order chi connectivity index (χ1) is 12.8. The highest BCUT2D eigenvalue weighted by Gasteiger charge is 2.11. The molecule has 146 valence electrons. The van der Waals surface area contributed by atoms with Crippen LogP contribution in [0.3, 0.4) is 0 Å². The van der Waals surface area contributed by atoms with Gasteiger partial charge in [-0.15, -0.1) is 0 Å². The van der Waals surface area contributed by atoms with Crippen LogP contribution in [0, 0.1) is 6.92 Å². The highest BCUT2D eigenvalue weighted by atomic mass is 32.2. The fourth-order valence-electron chi connectivity index (χ4n) is 2.83. The Balaban J connectivity index is 1.94. The van der Waals surface area contributed by atoms with E-state index < -0.39 is 9.84 Å². The van der Waals surface area contributed by atoms with Gasteiger partial charge in [-0.3, -0.25) is 4.99 Å². The fraction of sp³-hybridized carbons (Fsp3) is 0.350. The lowest BCUT2D eigenvalue weighted by Gasteiger charge is -2.13. The molecule has 2 aromatic rings. The molecule has 0 bridgehead atoms. The van der Waals surface area contributed by atoms with Crippen LogP contribution in [0.1, 0.15) is 22.3 Å². The Morgan fingerprint density at radius 3 is 2.22 bits per heavy atom. The van der Waals surface area contributed by atoms with Gasteiger partial charge in [-0.05, 0) is 35.2 Å². The standard InChI is InChI=1S/C20H27N3O3S/c1-15-10-17(8-9-19(15)27(4,24)25)13-23-20(21-2)22-12-16-6-5-7-18(11-16)14-26-3/h5-11H,12-14H2,1-4H3,(H2,21,22,23). The van der Waals surface area contributed by atoms with E-state index in [4.69, 9.17) is 4.74 Å². The minimum absolute atomic E-state index is 0.365. The maximum atomic E-state index is 11.7. The Morgan fingerprint density at radius 2 is 1.67 bits per heavy atom. The summed E-state index contributed by atoms with van der Waals surface area (Å²) < 4.78 is 28.6. The molecule has 0 spiro atoms. The van der Waals surface area contributed by atoms with Crippen molar-refractivity contribution in [3.63, 3.8) is 0 Å². The molecule has 7 heteroatoms. The number of guanidine groups is 1. The van der Waals surface area contributed by atoms with Crippen LogP contribution in [0.4, 0.5) is 0 Å². The van der Waals surface area contributed by atoms with Crippen molar-refractivity contribution in [1.29, 1.82) is 0 Å². The smallest absolute Gasteiger partial charge is 0.191 e. The van der Waals surface area contributed by atoms with E-state index in [0.717, 1.165) is 22.3 Å². The van der Waals surface area contributed by atoms with Gasteiger partial charge in [0, 0.05) is 33.5 Å². The van der Waals surface area contributed by atoms with Crippen molar-refractivity contribution in [3.8, 4) is 0 Å². The zero-order valence-electron chi connectivity index (χ0n) is 16.2. The highest BCUT2D eigenvalue weighted by Crippen LogP contribution is 2.16. The number of methoxy groups -OCH3 is 1. The lowest BCUT2D eigenvalue weighted by Crippen LogP contribution is -2.36. The molecule has 0 heterocycles. The SMILES string of the molecule is CN=C(NCc1cccc(COC)c1)NCc1ccc(S(C)(=O)=O)c(C)c1.